The van der Waals surface area contributed by atoms with E-state index in [2.05, 4.69) is 10.6 Å². The van der Waals surface area contributed by atoms with Gasteiger partial charge in [-0.1, -0.05) is 31.2 Å². The quantitative estimate of drug-likeness (QED) is 0.768. The fraction of sp³-hybridized carbons (Fsp3) is 0.286. The predicted molar refractivity (Wildman–Crippen MR) is 102 cm³/mol. The normalized spacial score (nSPS) is 17.7. The van der Waals surface area contributed by atoms with E-state index in [0.29, 0.717) is 22.9 Å². The molecular weight excluding hydrogens is 344 g/mol. The number of nitrogens with one attached hydrogen (secondary N) is 2. The van der Waals surface area contributed by atoms with Crippen molar-refractivity contribution in [2.24, 2.45) is 11.8 Å². The zero-order valence-electron chi connectivity index (χ0n) is 15.3. The number of ether oxygens (including phenoxy) is 1. The van der Waals surface area contributed by atoms with Gasteiger partial charge in [0, 0.05) is 5.69 Å². The fourth-order valence-corrected chi connectivity index (χ4v) is 2.79. The number of hydrogen-bond donors (Lipinski definition) is 2. The Hall–Kier alpha value is -3.15. The van der Waals surface area contributed by atoms with E-state index in [0.717, 1.165) is 12.0 Å². The van der Waals surface area contributed by atoms with Crippen molar-refractivity contribution in [1.29, 1.82) is 0 Å². The lowest BCUT2D eigenvalue weighted by Crippen LogP contribution is -2.23. The summed E-state index contributed by atoms with van der Waals surface area (Å²) in [4.78, 5) is 36.4. The first-order valence-electron chi connectivity index (χ1n) is 8.87. The molecule has 0 spiro atoms. The second kappa shape index (κ2) is 8.03. The molecule has 0 aromatic heterocycles. The molecule has 0 bridgehead atoms. The first-order valence-corrected chi connectivity index (χ1v) is 8.87. The first kappa shape index (κ1) is 18.6. The van der Waals surface area contributed by atoms with E-state index in [1.54, 1.807) is 30.3 Å². The lowest BCUT2D eigenvalue weighted by Gasteiger charge is -2.12. The van der Waals surface area contributed by atoms with Crippen LogP contribution in [0.1, 0.15) is 29.3 Å². The predicted octanol–water partition coefficient (Wildman–Crippen LogP) is 3.39. The van der Waals surface area contributed by atoms with Crippen LogP contribution >= 0.6 is 0 Å². The van der Waals surface area contributed by atoms with E-state index in [9.17, 15) is 14.4 Å². The molecule has 6 heteroatoms. The molecule has 6 nitrogen and oxygen atoms in total. The molecule has 1 aliphatic carbocycles. The summed E-state index contributed by atoms with van der Waals surface area (Å²) in [7, 11) is 0. The number of carbonyl (C=O) groups excluding carboxylic acids is 3. The number of hydrogen-bond acceptors (Lipinski definition) is 4. The third kappa shape index (κ3) is 4.94. The molecule has 2 aromatic rings. The number of carbonyl (C=O) groups is 3. The second-order valence-corrected chi connectivity index (χ2v) is 6.84. The van der Waals surface area contributed by atoms with Gasteiger partial charge in [-0.25, -0.2) is 0 Å². The van der Waals surface area contributed by atoms with E-state index < -0.39 is 5.91 Å². The maximum absolute atomic E-state index is 12.6. The summed E-state index contributed by atoms with van der Waals surface area (Å²) in [5.41, 5.74) is 2.40. The van der Waals surface area contributed by atoms with Gasteiger partial charge in [-0.15, -0.1) is 0 Å². The Morgan fingerprint density at radius 2 is 1.81 bits per heavy atom. The Labute approximate surface area is 157 Å². The minimum absolute atomic E-state index is 0.0924. The van der Waals surface area contributed by atoms with Gasteiger partial charge >= 0.3 is 5.97 Å². The number of anilines is 2. The zero-order chi connectivity index (χ0) is 19.4. The van der Waals surface area contributed by atoms with Gasteiger partial charge in [-0.2, -0.15) is 0 Å². The van der Waals surface area contributed by atoms with Crippen molar-refractivity contribution in [1.82, 2.24) is 0 Å². The van der Waals surface area contributed by atoms with Crippen LogP contribution in [0.2, 0.25) is 0 Å². The zero-order valence-corrected chi connectivity index (χ0v) is 15.3. The van der Waals surface area contributed by atoms with E-state index in [1.807, 2.05) is 32.0 Å². The lowest BCUT2D eigenvalue weighted by atomic mass is 10.1. The summed E-state index contributed by atoms with van der Waals surface area (Å²) in [6.07, 6.45) is 0.808. The molecule has 0 heterocycles. The minimum atomic E-state index is -0.479. The van der Waals surface area contributed by atoms with Crippen molar-refractivity contribution in [2.75, 3.05) is 17.2 Å². The van der Waals surface area contributed by atoms with Gasteiger partial charge in [0.2, 0.25) is 0 Å². The van der Waals surface area contributed by atoms with Gasteiger partial charge in [-0.05, 0) is 49.1 Å². The minimum Gasteiger partial charge on any atom is -0.455 e. The molecular formula is C21H22N2O4. The second-order valence-electron chi connectivity index (χ2n) is 6.84. The molecule has 2 aromatic carbocycles. The largest absolute Gasteiger partial charge is 0.455 e. The third-order valence-electron chi connectivity index (χ3n) is 4.48. The molecule has 2 amide bonds. The number of esters is 1. The van der Waals surface area contributed by atoms with Crippen LogP contribution in [0.4, 0.5) is 11.4 Å². The Morgan fingerprint density at radius 1 is 1.07 bits per heavy atom. The third-order valence-corrected chi connectivity index (χ3v) is 4.48. The molecule has 2 atom stereocenters. The number of benzene rings is 2. The van der Waals surface area contributed by atoms with Crippen LogP contribution in [0.5, 0.6) is 0 Å². The lowest BCUT2D eigenvalue weighted by molar-refractivity contribution is -0.148. The average molecular weight is 366 g/mol. The molecule has 0 unspecified atom stereocenters. The summed E-state index contributed by atoms with van der Waals surface area (Å²) in [6.45, 7) is 3.54. The Kier molecular flexibility index (Phi) is 5.54. The molecule has 0 saturated heterocycles. The van der Waals surface area contributed by atoms with E-state index >= 15 is 0 Å². The monoisotopic (exact) mass is 366 g/mol. The van der Waals surface area contributed by atoms with Crippen LogP contribution < -0.4 is 10.6 Å². The topological polar surface area (TPSA) is 84.5 Å². The highest BCUT2D eigenvalue weighted by Gasteiger charge is 2.40. The first-order chi connectivity index (χ1) is 12.9. The number of para-hydroxylation sites is 1. The molecule has 1 fully saturated rings. The molecule has 2 N–H and O–H groups in total. The smallest absolute Gasteiger partial charge is 0.309 e. The van der Waals surface area contributed by atoms with Crippen molar-refractivity contribution in [3.05, 3.63) is 59.7 Å². The van der Waals surface area contributed by atoms with Crippen LogP contribution in [-0.4, -0.2) is 24.4 Å². The Bertz CT molecular complexity index is 878. The number of aryl methyl sites for hydroxylation is 1. The van der Waals surface area contributed by atoms with Crippen LogP contribution in [0.3, 0.4) is 0 Å². The summed E-state index contributed by atoms with van der Waals surface area (Å²) < 4.78 is 5.03. The van der Waals surface area contributed by atoms with Gasteiger partial charge in [-0.3, -0.25) is 14.4 Å². The molecule has 1 aliphatic rings. The van der Waals surface area contributed by atoms with Gasteiger partial charge < -0.3 is 15.4 Å². The Morgan fingerprint density at radius 3 is 2.52 bits per heavy atom. The number of rotatable bonds is 6. The molecule has 27 heavy (non-hydrogen) atoms. The average Bonchev–Trinajstić information content (AvgIpc) is 3.37. The van der Waals surface area contributed by atoms with Crippen molar-refractivity contribution < 1.29 is 19.1 Å². The highest BCUT2D eigenvalue weighted by Crippen LogP contribution is 2.38. The van der Waals surface area contributed by atoms with E-state index in [4.69, 9.17) is 4.74 Å². The SMILES string of the molecule is Cc1cccc(NC(=O)c2ccccc2NC(=O)COC(=O)[C@@H]2C[C@@H]2C)c1. The van der Waals surface area contributed by atoms with Crippen LogP contribution in [0.25, 0.3) is 0 Å². The van der Waals surface area contributed by atoms with E-state index in [-0.39, 0.29) is 24.4 Å². The molecule has 1 saturated carbocycles. The highest BCUT2D eigenvalue weighted by atomic mass is 16.5. The van der Waals surface area contributed by atoms with Crippen molar-refractivity contribution >= 4 is 29.2 Å². The van der Waals surface area contributed by atoms with Gasteiger partial charge in [0.15, 0.2) is 6.61 Å². The van der Waals surface area contributed by atoms with Crippen molar-refractivity contribution in [2.45, 2.75) is 20.3 Å². The van der Waals surface area contributed by atoms with Crippen molar-refractivity contribution in [3.63, 3.8) is 0 Å². The standard InChI is InChI=1S/C21H22N2O4/c1-13-6-5-7-15(10-13)22-20(25)16-8-3-4-9-18(16)23-19(24)12-27-21(26)17-11-14(17)2/h3-10,14,17H,11-12H2,1-2H3,(H,22,25)(H,23,24)/t14-,17+/m0/s1. The fourth-order valence-electron chi connectivity index (χ4n) is 2.79. The highest BCUT2D eigenvalue weighted by molar-refractivity contribution is 6.10. The van der Waals surface area contributed by atoms with Crippen LogP contribution in [-0.2, 0) is 14.3 Å². The summed E-state index contributed by atoms with van der Waals surface area (Å²) in [5, 5.41) is 5.45. The maximum atomic E-state index is 12.6. The molecule has 0 aliphatic heterocycles. The van der Waals surface area contributed by atoms with Crippen molar-refractivity contribution in [3.8, 4) is 0 Å². The summed E-state index contributed by atoms with van der Waals surface area (Å²) in [6, 6.07) is 14.1. The van der Waals surface area contributed by atoms with Crippen LogP contribution in [0.15, 0.2) is 48.5 Å². The molecule has 0 radical (unpaired) electrons. The van der Waals surface area contributed by atoms with Gasteiger partial charge in [0.05, 0.1) is 17.2 Å². The van der Waals surface area contributed by atoms with Gasteiger partial charge in [0.1, 0.15) is 0 Å². The number of amides is 2. The van der Waals surface area contributed by atoms with Gasteiger partial charge in [0.25, 0.3) is 11.8 Å². The summed E-state index contributed by atoms with van der Waals surface area (Å²) in [5.74, 6) is -0.923. The molecule has 140 valence electrons. The molecule has 3 rings (SSSR count). The Balaban J connectivity index is 1.62. The van der Waals surface area contributed by atoms with E-state index in [1.165, 1.54) is 0 Å². The van der Waals surface area contributed by atoms with Crippen LogP contribution in [0, 0.1) is 18.8 Å². The maximum Gasteiger partial charge on any atom is 0.309 e. The summed E-state index contributed by atoms with van der Waals surface area (Å²) >= 11 is 0.